The number of aliphatic hydroxyl groups is 2. The van der Waals surface area contributed by atoms with Crippen molar-refractivity contribution in [2.24, 2.45) is 11.8 Å². The molecule has 8 rings (SSSR count). The van der Waals surface area contributed by atoms with Crippen LogP contribution in [0.25, 0.3) is 0 Å². The Kier molecular flexibility index (Phi) is 7.62. The summed E-state index contributed by atoms with van der Waals surface area (Å²) in [6.45, 7) is 0.148. The zero-order valence-corrected chi connectivity index (χ0v) is 25.5. The third kappa shape index (κ3) is 4.96. The number of aliphatic hydroxyl groups excluding tert-OH is 2. The molecule has 4 heterocycles. The Labute approximate surface area is 269 Å². The fourth-order valence-corrected chi connectivity index (χ4v) is 7.39. The summed E-state index contributed by atoms with van der Waals surface area (Å²) in [5, 5.41) is 33.2. The van der Waals surface area contributed by atoms with Crippen molar-refractivity contribution < 1.29 is 62.7 Å². The van der Waals surface area contributed by atoms with Crippen molar-refractivity contribution in [2.75, 3.05) is 34.2 Å². The molecule has 47 heavy (non-hydrogen) atoms. The number of carbonyl (C=O) groups excluding carboxylic acids is 1. The van der Waals surface area contributed by atoms with E-state index in [1.165, 1.54) is 14.2 Å². The summed E-state index contributed by atoms with van der Waals surface area (Å²) >= 11 is 0. The summed E-state index contributed by atoms with van der Waals surface area (Å²) < 4.78 is 52.7. The third-order valence-electron chi connectivity index (χ3n) is 9.67. The van der Waals surface area contributed by atoms with Gasteiger partial charge in [-0.3, -0.25) is 4.79 Å². The summed E-state index contributed by atoms with van der Waals surface area (Å²) in [7, 11) is 2.86. The second-order valence-corrected chi connectivity index (χ2v) is 12.2. The first-order chi connectivity index (χ1) is 22.9. The van der Waals surface area contributed by atoms with Gasteiger partial charge in [0.2, 0.25) is 12.5 Å². The maximum Gasteiger partial charge on any atom is 0.310 e. The van der Waals surface area contributed by atoms with Crippen LogP contribution in [0.1, 0.15) is 40.6 Å². The van der Waals surface area contributed by atoms with Crippen molar-refractivity contribution in [1.29, 1.82) is 0 Å². The van der Waals surface area contributed by atoms with Gasteiger partial charge < -0.3 is 58.0 Å². The van der Waals surface area contributed by atoms with Crippen LogP contribution in [-0.4, -0.2) is 86.2 Å². The van der Waals surface area contributed by atoms with Gasteiger partial charge in [-0.1, -0.05) is 30.3 Å². The molecule has 3 saturated heterocycles. The van der Waals surface area contributed by atoms with Gasteiger partial charge >= 0.3 is 5.97 Å². The average molecular weight is 651 g/mol. The van der Waals surface area contributed by atoms with Crippen LogP contribution in [0.2, 0.25) is 0 Å². The van der Waals surface area contributed by atoms with Crippen molar-refractivity contribution in [3.8, 4) is 28.7 Å². The monoisotopic (exact) mass is 650 g/mol. The van der Waals surface area contributed by atoms with Crippen molar-refractivity contribution in [3.05, 3.63) is 76.9 Å². The first kappa shape index (κ1) is 30.2. The summed E-state index contributed by atoms with van der Waals surface area (Å²) in [5.41, 5.74) is 2.77. The lowest BCUT2D eigenvalue weighted by Crippen LogP contribution is -2.62. The average Bonchev–Trinajstić information content (AvgIpc) is 3.72. The van der Waals surface area contributed by atoms with E-state index in [0.29, 0.717) is 28.2 Å². The van der Waals surface area contributed by atoms with Crippen molar-refractivity contribution in [1.82, 2.24) is 0 Å². The molecule has 10 unspecified atom stereocenters. The number of cyclic esters (lactones) is 1. The number of phenols is 1. The lowest BCUT2D eigenvalue weighted by Gasteiger charge is -2.48. The summed E-state index contributed by atoms with van der Waals surface area (Å²) in [4.78, 5) is 13.5. The number of phenolic OH excluding ortho intramolecular Hbond substituents is 1. The lowest BCUT2D eigenvalue weighted by molar-refractivity contribution is -0.369. The Bertz CT molecular complexity index is 1640. The number of benzene rings is 3. The minimum Gasteiger partial charge on any atom is -0.502 e. The third-order valence-corrected chi connectivity index (χ3v) is 9.67. The number of ether oxygens (including phenoxy) is 9. The van der Waals surface area contributed by atoms with E-state index in [9.17, 15) is 20.1 Å². The molecule has 10 atom stereocenters. The van der Waals surface area contributed by atoms with Gasteiger partial charge in [-0.05, 0) is 41.0 Å². The molecule has 0 saturated carbocycles. The molecule has 4 aliphatic heterocycles. The predicted octanol–water partition coefficient (Wildman–Crippen LogP) is 2.69. The van der Waals surface area contributed by atoms with Crippen molar-refractivity contribution in [3.63, 3.8) is 0 Å². The minimum atomic E-state index is -1.48. The van der Waals surface area contributed by atoms with E-state index < -0.39 is 66.8 Å². The van der Waals surface area contributed by atoms with Gasteiger partial charge in [-0.15, -0.1) is 0 Å². The Balaban J connectivity index is 1.15. The molecular weight excluding hydrogens is 616 g/mol. The molecule has 3 fully saturated rings. The number of methoxy groups -OCH3 is 2. The molecule has 13 heteroatoms. The molecule has 248 valence electrons. The highest BCUT2D eigenvalue weighted by atomic mass is 16.8. The van der Waals surface area contributed by atoms with Crippen LogP contribution in [-0.2, 0) is 28.5 Å². The molecule has 0 bridgehead atoms. The van der Waals surface area contributed by atoms with Gasteiger partial charge in [0, 0.05) is 17.4 Å². The molecule has 0 aromatic heterocycles. The predicted molar refractivity (Wildman–Crippen MR) is 158 cm³/mol. The first-order valence-corrected chi connectivity index (χ1v) is 15.4. The van der Waals surface area contributed by atoms with Crippen molar-refractivity contribution in [2.45, 2.75) is 49.0 Å². The highest BCUT2D eigenvalue weighted by Gasteiger charge is 2.56. The number of carbonyl (C=O) groups is 1. The number of esters is 1. The summed E-state index contributed by atoms with van der Waals surface area (Å²) in [6.07, 6.45) is -7.29. The van der Waals surface area contributed by atoms with E-state index in [0.717, 1.165) is 5.56 Å². The molecule has 0 radical (unpaired) electrons. The molecule has 3 aromatic rings. The van der Waals surface area contributed by atoms with Crippen molar-refractivity contribution >= 4 is 5.97 Å². The van der Waals surface area contributed by atoms with E-state index in [2.05, 4.69) is 0 Å². The van der Waals surface area contributed by atoms with Gasteiger partial charge in [0.1, 0.15) is 24.4 Å². The van der Waals surface area contributed by atoms with Crippen LogP contribution in [0.4, 0.5) is 0 Å². The molecule has 3 aromatic carbocycles. The maximum atomic E-state index is 13.5. The van der Waals surface area contributed by atoms with Crippen LogP contribution in [0.15, 0.2) is 54.6 Å². The fourth-order valence-electron chi connectivity index (χ4n) is 7.39. The number of aromatic hydroxyl groups is 1. The molecule has 5 aliphatic rings. The molecule has 3 N–H and O–H groups in total. The van der Waals surface area contributed by atoms with Gasteiger partial charge in [0.05, 0.1) is 39.5 Å². The first-order valence-electron chi connectivity index (χ1n) is 15.4. The smallest absolute Gasteiger partial charge is 0.310 e. The van der Waals surface area contributed by atoms with Gasteiger partial charge in [0.25, 0.3) is 0 Å². The van der Waals surface area contributed by atoms with Gasteiger partial charge in [-0.2, -0.15) is 0 Å². The molecule has 13 nitrogen and oxygen atoms in total. The van der Waals surface area contributed by atoms with Gasteiger partial charge in [0.15, 0.2) is 35.6 Å². The molecule has 0 amide bonds. The Morgan fingerprint density at radius 1 is 0.809 bits per heavy atom. The number of fused-ring (bicyclic) bond motifs is 4. The normalized spacial score (nSPS) is 33.7. The number of rotatable bonds is 6. The second kappa shape index (κ2) is 11.8. The number of hydrogen-bond donors (Lipinski definition) is 3. The Hall–Kier alpha value is -4.11. The molecule has 0 spiro atoms. The molecule has 1 aliphatic carbocycles. The number of hydrogen-bond acceptors (Lipinski definition) is 13. The van der Waals surface area contributed by atoms with Crippen LogP contribution in [0, 0.1) is 11.8 Å². The summed E-state index contributed by atoms with van der Waals surface area (Å²) in [6, 6.07) is 16.2. The Morgan fingerprint density at radius 3 is 2.21 bits per heavy atom. The quantitative estimate of drug-likeness (QED) is 0.335. The molecular formula is C34H34O13. The lowest BCUT2D eigenvalue weighted by atomic mass is 9.66. The van der Waals surface area contributed by atoms with E-state index in [4.69, 9.17) is 42.6 Å². The van der Waals surface area contributed by atoms with Crippen LogP contribution in [0.5, 0.6) is 28.7 Å². The second-order valence-electron chi connectivity index (χ2n) is 12.2. The fraction of sp³-hybridized carbons (Fsp3) is 0.441. The SMILES string of the molecule is COc1cc(C2c3cc4c(cc3C(OC3OC5COC(c6ccccc6)OC5C(O)C3O)C3COC(=O)C23)OCO4)cc(OC)c1O. The highest BCUT2D eigenvalue weighted by molar-refractivity contribution is 5.79. The van der Waals surface area contributed by atoms with Gasteiger partial charge in [-0.25, -0.2) is 0 Å². The Morgan fingerprint density at radius 2 is 1.51 bits per heavy atom. The minimum absolute atomic E-state index is 0.0217. The maximum absolute atomic E-state index is 13.5. The van der Waals surface area contributed by atoms with E-state index >= 15 is 0 Å². The van der Waals surface area contributed by atoms with E-state index in [1.807, 2.05) is 36.4 Å². The largest absolute Gasteiger partial charge is 0.502 e. The zero-order chi connectivity index (χ0) is 32.4. The standard InChI is InChI=1S/C34H34O13/c1-39-22-8-16(9-23(40-2)27(22)35)25-17-10-20-21(44-14-43-20)11-18(17)30(19-12-41-32(38)26(19)25)46-34-29(37)28(36)31-24(45-34)13-42-33(47-31)15-6-4-3-5-7-15/h3-11,19,24-26,28-31,33-37H,12-14H2,1-2H3. The van der Waals surface area contributed by atoms with Crippen LogP contribution in [0.3, 0.4) is 0 Å². The topological polar surface area (TPSA) is 161 Å². The van der Waals surface area contributed by atoms with E-state index in [-0.39, 0.29) is 37.3 Å². The van der Waals surface area contributed by atoms with E-state index in [1.54, 1.807) is 18.2 Å². The van der Waals surface area contributed by atoms with Crippen LogP contribution < -0.4 is 18.9 Å². The highest BCUT2D eigenvalue weighted by Crippen LogP contribution is 2.57. The summed E-state index contributed by atoms with van der Waals surface area (Å²) in [5.74, 6) is -1.11. The zero-order valence-electron chi connectivity index (χ0n) is 25.5. The van der Waals surface area contributed by atoms with Crippen LogP contribution >= 0.6 is 0 Å².